The van der Waals surface area contributed by atoms with Gasteiger partial charge in [-0.3, -0.25) is 0 Å². The Bertz CT molecular complexity index is 541. The van der Waals surface area contributed by atoms with E-state index in [1.165, 1.54) is 11.1 Å². The van der Waals surface area contributed by atoms with Crippen molar-refractivity contribution in [2.24, 2.45) is 5.92 Å². The van der Waals surface area contributed by atoms with Crippen molar-refractivity contribution in [3.8, 4) is 0 Å². The van der Waals surface area contributed by atoms with Crippen molar-refractivity contribution in [3.63, 3.8) is 0 Å². The van der Waals surface area contributed by atoms with Crippen LogP contribution in [0.1, 0.15) is 16.7 Å². The Morgan fingerprint density at radius 1 is 0.900 bits per heavy atom. The number of hydrogen-bond acceptors (Lipinski definition) is 0. The molecule has 2 rings (SSSR count). The molecule has 0 aromatic heterocycles. The minimum atomic E-state index is 0.330. The monoisotopic (exact) mass is 326 g/mol. The molecular weight excluding hydrogens is 311 g/mol. The van der Waals surface area contributed by atoms with Gasteiger partial charge in [0, 0.05) is 15.9 Å². The molecule has 0 bridgehead atoms. The standard InChI is InChI=1S/C17H17Cl3/c1-12-5-7-13(8-6-12)9-14(11-18)10-15-16(19)3-2-4-17(15)20/h2-8,14H,9-11H2,1H3. The summed E-state index contributed by atoms with van der Waals surface area (Å²) in [6, 6.07) is 14.2. The van der Waals surface area contributed by atoms with E-state index in [1.54, 1.807) is 0 Å². The molecule has 0 heterocycles. The number of aryl methyl sites for hydroxylation is 1. The van der Waals surface area contributed by atoms with E-state index in [0.717, 1.165) is 28.5 Å². The second-order valence-electron chi connectivity index (χ2n) is 5.11. The summed E-state index contributed by atoms with van der Waals surface area (Å²) in [5, 5.41) is 1.44. The van der Waals surface area contributed by atoms with Gasteiger partial charge in [-0.2, -0.15) is 0 Å². The Morgan fingerprint density at radius 2 is 1.50 bits per heavy atom. The van der Waals surface area contributed by atoms with Gasteiger partial charge in [0.05, 0.1) is 0 Å². The quantitative estimate of drug-likeness (QED) is 0.596. The van der Waals surface area contributed by atoms with Gasteiger partial charge >= 0.3 is 0 Å². The van der Waals surface area contributed by atoms with E-state index >= 15 is 0 Å². The maximum absolute atomic E-state index is 6.23. The lowest BCUT2D eigenvalue weighted by Crippen LogP contribution is -2.11. The average molecular weight is 328 g/mol. The van der Waals surface area contributed by atoms with Crippen LogP contribution >= 0.6 is 34.8 Å². The molecule has 106 valence electrons. The third-order valence-electron chi connectivity index (χ3n) is 3.42. The summed E-state index contributed by atoms with van der Waals surface area (Å²) in [5.74, 6) is 0.923. The summed E-state index contributed by atoms with van der Waals surface area (Å²) in [7, 11) is 0. The highest BCUT2D eigenvalue weighted by Gasteiger charge is 2.14. The van der Waals surface area contributed by atoms with Gasteiger partial charge in [-0.25, -0.2) is 0 Å². The van der Waals surface area contributed by atoms with Gasteiger partial charge < -0.3 is 0 Å². The molecule has 0 nitrogen and oxygen atoms in total. The first-order valence-corrected chi connectivity index (χ1v) is 7.93. The number of halogens is 3. The first-order chi connectivity index (χ1) is 9.60. The number of hydrogen-bond donors (Lipinski definition) is 0. The number of rotatable bonds is 5. The van der Waals surface area contributed by atoms with E-state index in [0.29, 0.717) is 11.8 Å². The molecule has 0 aliphatic carbocycles. The van der Waals surface area contributed by atoms with Crippen LogP contribution in [0.3, 0.4) is 0 Å². The molecular formula is C17H17Cl3. The minimum absolute atomic E-state index is 0.330. The van der Waals surface area contributed by atoms with Crippen molar-refractivity contribution in [1.82, 2.24) is 0 Å². The highest BCUT2D eigenvalue weighted by atomic mass is 35.5. The van der Waals surface area contributed by atoms with Crippen molar-refractivity contribution in [1.29, 1.82) is 0 Å². The molecule has 0 spiro atoms. The highest BCUT2D eigenvalue weighted by Crippen LogP contribution is 2.28. The van der Waals surface area contributed by atoms with Gasteiger partial charge in [0.1, 0.15) is 0 Å². The SMILES string of the molecule is Cc1ccc(CC(CCl)Cc2c(Cl)cccc2Cl)cc1. The van der Waals surface area contributed by atoms with E-state index in [9.17, 15) is 0 Å². The lowest BCUT2D eigenvalue weighted by atomic mass is 9.93. The molecule has 3 heteroatoms. The topological polar surface area (TPSA) is 0 Å². The number of alkyl halides is 1. The lowest BCUT2D eigenvalue weighted by molar-refractivity contribution is 0.584. The average Bonchev–Trinajstić information content (AvgIpc) is 2.44. The normalized spacial score (nSPS) is 12.4. The highest BCUT2D eigenvalue weighted by molar-refractivity contribution is 6.36. The van der Waals surface area contributed by atoms with Gasteiger partial charge in [-0.1, -0.05) is 59.1 Å². The van der Waals surface area contributed by atoms with Crippen LogP contribution in [0.5, 0.6) is 0 Å². The molecule has 0 saturated heterocycles. The number of benzene rings is 2. The first kappa shape index (κ1) is 15.7. The van der Waals surface area contributed by atoms with Crippen LogP contribution in [0.25, 0.3) is 0 Å². The van der Waals surface area contributed by atoms with Gasteiger partial charge in [0.25, 0.3) is 0 Å². The molecule has 20 heavy (non-hydrogen) atoms. The Kier molecular flexibility index (Phi) is 5.77. The van der Waals surface area contributed by atoms with Crippen LogP contribution in [0.2, 0.25) is 10.0 Å². The molecule has 2 aromatic carbocycles. The van der Waals surface area contributed by atoms with Crippen LogP contribution < -0.4 is 0 Å². The molecule has 0 radical (unpaired) electrons. The fourth-order valence-corrected chi connectivity index (χ4v) is 3.02. The fraction of sp³-hybridized carbons (Fsp3) is 0.294. The van der Waals surface area contributed by atoms with Crippen LogP contribution in [0.4, 0.5) is 0 Å². The van der Waals surface area contributed by atoms with E-state index in [-0.39, 0.29) is 0 Å². The summed E-state index contributed by atoms with van der Waals surface area (Å²) in [4.78, 5) is 0. The third kappa shape index (κ3) is 4.15. The zero-order valence-corrected chi connectivity index (χ0v) is 13.6. The smallest absolute Gasteiger partial charge is 0.0452 e. The van der Waals surface area contributed by atoms with Crippen molar-refractivity contribution in [2.75, 3.05) is 5.88 Å². The minimum Gasteiger partial charge on any atom is -0.126 e. The van der Waals surface area contributed by atoms with Gasteiger partial charge in [0.2, 0.25) is 0 Å². The van der Waals surface area contributed by atoms with Crippen molar-refractivity contribution < 1.29 is 0 Å². The zero-order chi connectivity index (χ0) is 14.5. The van der Waals surface area contributed by atoms with Gasteiger partial charge in [0.15, 0.2) is 0 Å². The summed E-state index contributed by atoms with van der Waals surface area (Å²) in [5.41, 5.74) is 3.56. The Labute approximate surface area is 135 Å². The second-order valence-corrected chi connectivity index (χ2v) is 6.24. The Morgan fingerprint density at radius 3 is 2.05 bits per heavy atom. The maximum atomic E-state index is 6.23. The molecule has 0 saturated carbocycles. The predicted octanol–water partition coefficient (Wildman–Crippen LogP) is 5.94. The Balaban J connectivity index is 2.11. The van der Waals surface area contributed by atoms with Gasteiger partial charge in [-0.15, -0.1) is 11.6 Å². The van der Waals surface area contributed by atoms with Crippen LogP contribution in [-0.4, -0.2) is 5.88 Å². The van der Waals surface area contributed by atoms with Crippen LogP contribution in [-0.2, 0) is 12.8 Å². The van der Waals surface area contributed by atoms with Crippen molar-refractivity contribution >= 4 is 34.8 Å². The van der Waals surface area contributed by atoms with E-state index < -0.39 is 0 Å². The maximum Gasteiger partial charge on any atom is 0.0452 e. The second kappa shape index (κ2) is 7.36. The van der Waals surface area contributed by atoms with Crippen LogP contribution in [0.15, 0.2) is 42.5 Å². The van der Waals surface area contributed by atoms with Crippen molar-refractivity contribution in [3.05, 3.63) is 69.2 Å². The molecule has 0 amide bonds. The molecule has 1 unspecified atom stereocenters. The summed E-state index contributed by atoms with van der Waals surface area (Å²) in [6.07, 6.45) is 1.74. The van der Waals surface area contributed by atoms with Crippen LogP contribution in [0, 0.1) is 12.8 Å². The summed E-state index contributed by atoms with van der Waals surface area (Å²) < 4.78 is 0. The third-order valence-corrected chi connectivity index (χ3v) is 4.56. The molecule has 0 aliphatic rings. The Hall–Kier alpha value is -0.690. The van der Waals surface area contributed by atoms with Gasteiger partial charge in [-0.05, 0) is 48.9 Å². The molecule has 0 N–H and O–H groups in total. The molecule has 1 atom stereocenters. The lowest BCUT2D eigenvalue weighted by Gasteiger charge is -2.16. The molecule has 0 fully saturated rings. The molecule has 2 aromatic rings. The molecule has 0 aliphatic heterocycles. The van der Waals surface area contributed by atoms with Crippen molar-refractivity contribution in [2.45, 2.75) is 19.8 Å². The van der Waals surface area contributed by atoms with E-state index in [1.807, 2.05) is 18.2 Å². The van der Waals surface area contributed by atoms with E-state index in [4.69, 9.17) is 34.8 Å². The first-order valence-electron chi connectivity index (χ1n) is 6.64. The summed E-state index contributed by atoms with van der Waals surface area (Å²) in [6.45, 7) is 2.09. The summed E-state index contributed by atoms with van der Waals surface area (Å²) >= 11 is 18.6. The van der Waals surface area contributed by atoms with E-state index in [2.05, 4.69) is 31.2 Å². The fourth-order valence-electron chi connectivity index (χ4n) is 2.25. The largest absolute Gasteiger partial charge is 0.126 e. The zero-order valence-electron chi connectivity index (χ0n) is 11.4. The predicted molar refractivity (Wildman–Crippen MR) is 89.3 cm³/mol.